The number of halogens is 4. The normalized spacial score (nSPS) is 13.2. The van der Waals surface area contributed by atoms with Crippen molar-refractivity contribution >= 4 is 41.5 Å². The van der Waals surface area contributed by atoms with Crippen LogP contribution in [0, 0.1) is 0 Å². The summed E-state index contributed by atoms with van der Waals surface area (Å²) in [5.74, 6) is -1.37. The maximum atomic E-state index is 12.6. The second kappa shape index (κ2) is 6.13. The zero-order chi connectivity index (χ0) is 16.5. The number of anilines is 1. The van der Waals surface area contributed by atoms with E-state index in [0.29, 0.717) is 6.07 Å². The summed E-state index contributed by atoms with van der Waals surface area (Å²) < 4.78 is 85.0. The molecule has 0 atom stereocenters. The van der Waals surface area contributed by atoms with Crippen molar-refractivity contribution in [3.63, 3.8) is 0 Å². The molecule has 5 nitrogen and oxygen atoms in total. The first kappa shape index (κ1) is 18.2. The lowest BCUT2D eigenvalue weighted by atomic mass is 10.2. The van der Waals surface area contributed by atoms with Gasteiger partial charge in [-0.15, -0.1) is 0 Å². The summed E-state index contributed by atoms with van der Waals surface area (Å²) in [6.07, 6.45) is -3.75. The van der Waals surface area contributed by atoms with Crippen molar-refractivity contribution in [3.05, 3.63) is 28.2 Å². The highest BCUT2D eigenvalue weighted by Gasteiger charge is 2.31. The van der Waals surface area contributed by atoms with Gasteiger partial charge in [-0.25, -0.2) is 16.8 Å². The van der Waals surface area contributed by atoms with E-state index in [4.69, 9.17) is 0 Å². The first-order valence-electron chi connectivity index (χ1n) is 5.35. The van der Waals surface area contributed by atoms with Gasteiger partial charge in [0.15, 0.2) is 0 Å². The number of hydrogen-bond donors (Lipinski definition) is 1. The molecule has 0 saturated heterocycles. The molecular weight excluding hydrogens is 399 g/mol. The van der Waals surface area contributed by atoms with Crippen molar-refractivity contribution in [1.29, 1.82) is 0 Å². The molecule has 0 spiro atoms. The highest BCUT2D eigenvalue weighted by Crippen LogP contribution is 2.34. The van der Waals surface area contributed by atoms with Crippen LogP contribution in [0.15, 0.2) is 22.7 Å². The summed E-state index contributed by atoms with van der Waals surface area (Å²) in [5, 5.41) is 0. The van der Waals surface area contributed by atoms with Crippen LogP contribution >= 0.6 is 15.9 Å². The molecule has 1 rings (SSSR count). The Balaban J connectivity index is 3.02. The summed E-state index contributed by atoms with van der Waals surface area (Å²) in [4.78, 5) is 0. The molecule has 120 valence electrons. The molecule has 0 aliphatic heterocycles. The third-order valence-electron chi connectivity index (χ3n) is 2.28. The van der Waals surface area contributed by atoms with E-state index in [9.17, 15) is 30.0 Å². The Labute approximate surface area is 128 Å². The summed E-state index contributed by atoms with van der Waals surface area (Å²) >= 11 is 2.93. The average molecular weight is 410 g/mol. The van der Waals surface area contributed by atoms with Crippen LogP contribution in [-0.4, -0.2) is 34.6 Å². The van der Waals surface area contributed by atoms with Crippen LogP contribution < -0.4 is 4.72 Å². The fourth-order valence-corrected chi connectivity index (χ4v) is 4.43. The number of sulfone groups is 1. The predicted molar refractivity (Wildman–Crippen MR) is 76.3 cm³/mol. The molecule has 0 bridgehead atoms. The lowest BCUT2D eigenvalue weighted by Gasteiger charge is -2.12. The molecule has 0 amide bonds. The number of hydrogen-bond acceptors (Lipinski definition) is 4. The maximum Gasteiger partial charge on any atom is 0.416 e. The van der Waals surface area contributed by atoms with Crippen LogP contribution in [0.4, 0.5) is 18.9 Å². The standard InChI is InChI=1S/C10H11BrF3NO4S2/c1-20(16,17)4-5-21(18,19)15-9-6-7(10(12,13)14)2-3-8(9)11/h2-3,6,15H,4-5H2,1H3. The molecule has 1 aromatic carbocycles. The molecule has 0 fully saturated rings. The number of rotatable bonds is 5. The fourth-order valence-electron chi connectivity index (χ4n) is 1.26. The van der Waals surface area contributed by atoms with E-state index in [0.717, 1.165) is 18.4 Å². The Hall–Kier alpha value is -0.810. The van der Waals surface area contributed by atoms with Crippen LogP contribution in [-0.2, 0) is 26.0 Å². The maximum absolute atomic E-state index is 12.6. The Kier molecular flexibility index (Phi) is 5.32. The van der Waals surface area contributed by atoms with E-state index in [-0.39, 0.29) is 10.2 Å². The van der Waals surface area contributed by atoms with Crippen molar-refractivity contribution in [2.45, 2.75) is 6.18 Å². The largest absolute Gasteiger partial charge is 0.416 e. The molecule has 11 heteroatoms. The number of benzene rings is 1. The van der Waals surface area contributed by atoms with Gasteiger partial charge in [0.2, 0.25) is 10.0 Å². The van der Waals surface area contributed by atoms with Gasteiger partial charge in [0.25, 0.3) is 0 Å². The second-order valence-corrected chi connectivity index (χ2v) is 9.20. The molecule has 1 aromatic rings. The number of sulfonamides is 1. The minimum absolute atomic E-state index is 0.110. The van der Waals surface area contributed by atoms with Crippen LogP contribution in [0.3, 0.4) is 0 Å². The molecule has 0 radical (unpaired) electrons. The van der Waals surface area contributed by atoms with Gasteiger partial charge in [-0.1, -0.05) is 0 Å². The van der Waals surface area contributed by atoms with Gasteiger partial charge in [0.05, 0.1) is 22.8 Å². The summed E-state index contributed by atoms with van der Waals surface area (Å²) in [6, 6.07) is 2.47. The summed E-state index contributed by atoms with van der Waals surface area (Å²) in [7, 11) is -7.58. The lowest BCUT2D eigenvalue weighted by molar-refractivity contribution is -0.137. The van der Waals surface area contributed by atoms with Crippen molar-refractivity contribution < 1.29 is 30.0 Å². The monoisotopic (exact) mass is 409 g/mol. The zero-order valence-corrected chi connectivity index (χ0v) is 13.8. The Morgan fingerprint density at radius 2 is 1.71 bits per heavy atom. The van der Waals surface area contributed by atoms with Crippen molar-refractivity contribution in [2.24, 2.45) is 0 Å². The SMILES string of the molecule is CS(=O)(=O)CCS(=O)(=O)Nc1cc(C(F)(F)F)ccc1Br. The third-order valence-corrected chi connectivity index (χ3v) is 5.45. The molecule has 0 heterocycles. The molecule has 0 aromatic heterocycles. The van der Waals surface area contributed by atoms with Crippen molar-refractivity contribution in [1.82, 2.24) is 0 Å². The number of alkyl halides is 3. The Bertz CT molecular complexity index is 729. The van der Waals surface area contributed by atoms with Gasteiger partial charge in [-0.05, 0) is 34.1 Å². The fraction of sp³-hybridized carbons (Fsp3) is 0.400. The first-order chi connectivity index (χ1) is 9.30. The quantitative estimate of drug-likeness (QED) is 0.808. The minimum atomic E-state index is -4.62. The second-order valence-electron chi connectivity index (χ2n) is 4.24. The topological polar surface area (TPSA) is 80.3 Å². The smallest absolute Gasteiger partial charge is 0.282 e. The van der Waals surface area contributed by atoms with Gasteiger partial charge in [-0.2, -0.15) is 13.2 Å². The first-order valence-corrected chi connectivity index (χ1v) is 9.86. The van der Waals surface area contributed by atoms with Crippen LogP contribution in [0.2, 0.25) is 0 Å². The van der Waals surface area contributed by atoms with Crippen LogP contribution in [0.1, 0.15) is 5.56 Å². The van der Waals surface area contributed by atoms with E-state index in [2.05, 4.69) is 15.9 Å². The van der Waals surface area contributed by atoms with E-state index in [1.165, 1.54) is 0 Å². The molecule has 0 aliphatic carbocycles. The molecule has 0 saturated carbocycles. The van der Waals surface area contributed by atoms with Crippen LogP contribution in [0.25, 0.3) is 0 Å². The predicted octanol–water partition coefficient (Wildman–Crippen LogP) is 2.25. The Morgan fingerprint density at radius 3 is 2.19 bits per heavy atom. The number of nitrogens with one attached hydrogen (secondary N) is 1. The zero-order valence-electron chi connectivity index (χ0n) is 10.6. The van der Waals surface area contributed by atoms with E-state index in [1.807, 2.05) is 4.72 Å². The molecule has 21 heavy (non-hydrogen) atoms. The van der Waals surface area contributed by atoms with E-state index < -0.39 is 43.1 Å². The van der Waals surface area contributed by atoms with E-state index >= 15 is 0 Å². The van der Waals surface area contributed by atoms with Gasteiger partial charge >= 0.3 is 6.18 Å². The highest BCUT2D eigenvalue weighted by atomic mass is 79.9. The lowest BCUT2D eigenvalue weighted by Crippen LogP contribution is -2.22. The molecular formula is C10H11BrF3NO4S2. The van der Waals surface area contributed by atoms with Crippen LogP contribution in [0.5, 0.6) is 0 Å². The molecule has 0 unspecified atom stereocenters. The summed E-state index contributed by atoms with van der Waals surface area (Å²) in [5.41, 5.74) is -1.33. The molecule has 1 N–H and O–H groups in total. The third kappa shape index (κ3) is 6.22. The summed E-state index contributed by atoms with van der Waals surface area (Å²) in [6.45, 7) is 0. The highest BCUT2D eigenvalue weighted by molar-refractivity contribution is 9.10. The van der Waals surface area contributed by atoms with E-state index in [1.54, 1.807) is 0 Å². The van der Waals surface area contributed by atoms with Gasteiger partial charge in [0, 0.05) is 10.7 Å². The Morgan fingerprint density at radius 1 is 1.14 bits per heavy atom. The minimum Gasteiger partial charge on any atom is -0.282 e. The van der Waals surface area contributed by atoms with Gasteiger partial charge in [-0.3, -0.25) is 4.72 Å². The van der Waals surface area contributed by atoms with Gasteiger partial charge in [0.1, 0.15) is 9.84 Å². The van der Waals surface area contributed by atoms with Crippen molar-refractivity contribution in [3.8, 4) is 0 Å². The van der Waals surface area contributed by atoms with Crippen molar-refractivity contribution in [2.75, 3.05) is 22.5 Å². The van der Waals surface area contributed by atoms with Gasteiger partial charge < -0.3 is 0 Å². The molecule has 0 aliphatic rings. The average Bonchev–Trinajstić information content (AvgIpc) is 2.27.